The Bertz CT molecular complexity index is 722. The van der Waals surface area contributed by atoms with Gasteiger partial charge in [-0.25, -0.2) is 9.67 Å². The van der Waals surface area contributed by atoms with Crippen molar-refractivity contribution in [1.29, 1.82) is 0 Å². The van der Waals surface area contributed by atoms with Crippen molar-refractivity contribution in [3.8, 4) is 5.82 Å². The van der Waals surface area contributed by atoms with Crippen LogP contribution < -0.4 is 5.32 Å². The number of nitrogens with one attached hydrogen (secondary N) is 1. The number of amides is 1. The van der Waals surface area contributed by atoms with E-state index >= 15 is 0 Å². The fraction of sp³-hybridized carbons (Fsp3) is 0.0625. The highest BCUT2D eigenvalue weighted by molar-refractivity contribution is 5.92. The molecule has 2 aromatic heterocycles. The van der Waals surface area contributed by atoms with Crippen LogP contribution in [0.3, 0.4) is 0 Å². The summed E-state index contributed by atoms with van der Waals surface area (Å²) in [6, 6.07) is 15.2. The average molecular weight is 278 g/mol. The Hall–Kier alpha value is -2.95. The van der Waals surface area contributed by atoms with Crippen LogP contribution in [0.1, 0.15) is 5.56 Å². The summed E-state index contributed by atoms with van der Waals surface area (Å²) in [6.45, 7) is 0. The molecule has 21 heavy (non-hydrogen) atoms. The molecule has 5 nitrogen and oxygen atoms in total. The van der Waals surface area contributed by atoms with E-state index in [2.05, 4.69) is 15.4 Å². The third kappa shape index (κ3) is 3.33. The van der Waals surface area contributed by atoms with Gasteiger partial charge in [-0.15, -0.1) is 0 Å². The minimum Gasteiger partial charge on any atom is -0.323 e. The summed E-state index contributed by atoms with van der Waals surface area (Å²) >= 11 is 0. The molecule has 0 saturated carbocycles. The van der Waals surface area contributed by atoms with Crippen LogP contribution in [-0.2, 0) is 11.2 Å². The molecule has 0 radical (unpaired) electrons. The van der Waals surface area contributed by atoms with E-state index in [1.807, 2.05) is 48.5 Å². The minimum atomic E-state index is -0.0678. The zero-order chi connectivity index (χ0) is 14.5. The third-order valence-corrected chi connectivity index (χ3v) is 2.96. The topological polar surface area (TPSA) is 59.8 Å². The van der Waals surface area contributed by atoms with E-state index in [0.717, 1.165) is 5.56 Å². The second-order valence-corrected chi connectivity index (χ2v) is 4.57. The number of nitrogens with zero attached hydrogens (tertiary/aromatic N) is 3. The lowest BCUT2D eigenvalue weighted by atomic mass is 10.1. The van der Waals surface area contributed by atoms with Gasteiger partial charge >= 0.3 is 0 Å². The number of aromatic nitrogens is 3. The standard InChI is InChI=1S/C16H14N4O/c21-16(10-13-6-2-1-3-7-13)19-14-11-18-20(12-14)15-8-4-5-9-17-15/h1-9,11-12H,10H2,(H,19,21). The number of anilines is 1. The Labute approximate surface area is 122 Å². The van der Waals surface area contributed by atoms with E-state index < -0.39 is 0 Å². The van der Waals surface area contributed by atoms with Gasteiger partial charge < -0.3 is 5.32 Å². The first kappa shape index (κ1) is 13.1. The van der Waals surface area contributed by atoms with Crippen LogP contribution in [0.2, 0.25) is 0 Å². The average Bonchev–Trinajstić information content (AvgIpc) is 2.97. The summed E-state index contributed by atoms with van der Waals surface area (Å²) in [4.78, 5) is 16.2. The Balaban J connectivity index is 1.66. The van der Waals surface area contributed by atoms with Gasteiger partial charge in [-0.3, -0.25) is 4.79 Å². The molecule has 0 aliphatic rings. The Morgan fingerprint density at radius 2 is 1.90 bits per heavy atom. The van der Waals surface area contributed by atoms with Crippen LogP contribution >= 0.6 is 0 Å². The summed E-state index contributed by atoms with van der Waals surface area (Å²) in [5.74, 6) is 0.642. The monoisotopic (exact) mass is 278 g/mol. The highest BCUT2D eigenvalue weighted by atomic mass is 16.1. The highest BCUT2D eigenvalue weighted by Gasteiger charge is 2.06. The van der Waals surface area contributed by atoms with Gasteiger partial charge in [0.15, 0.2) is 5.82 Å². The van der Waals surface area contributed by atoms with Gasteiger partial charge in [0.05, 0.1) is 24.5 Å². The van der Waals surface area contributed by atoms with Gasteiger partial charge in [0.2, 0.25) is 5.91 Å². The predicted octanol–water partition coefficient (Wildman–Crippen LogP) is 2.45. The number of hydrogen-bond acceptors (Lipinski definition) is 3. The smallest absolute Gasteiger partial charge is 0.228 e. The van der Waals surface area contributed by atoms with Crippen molar-refractivity contribution >= 4 is 11.6 Å². The first-order valence-electron chi connectivity index (χ1n) is 6.61. The number of carbonyl (C=O) groups is 1. The molecule has 3 rings (SSSR count). The third-order valence-electron chi connectivity index (χ3n) is 2.96. The second-order valence-electron chi connectivity index (χ2n) is 4.57. The first-order chi connectivity index (χ1) is 10.3. The summed E-state index contributed by atoms with van der Waals surface area (Å²) in [7, 11) is 0. The number of pyridine rings is 1. The van der Waals surface area contributed by atoms with Crippen molar-refractivity contribution in [1.82, 2.24) is 14.8 Å². The first-order valence-corrected chi connectivity index (χ1v) is 6.61. The van der Waals surface area contributed by atoms with Crippen LogP contribution in [-0.4, -0.2) is 20.7 Å². The van der Waals surface area contributed by atoms with E-state index in [4.69, 9.17) is 0 Å². The quantitative estimate of drug-likeness (QED) is 0.797. The lowest BCUT2D eigenvalue weighted by molar-refractivity contribution is -0.115. The Morgan fingerprint density at radius 3 is 2.67 bits per heavy atom. The fourth-order valence-electron chi connectivity index (χ4n) is 1.99. The van der Waals surface area contributed by atoms with E-state index in [1.54, 1.807) is 23.3 Å². The van der Waals surface area contributed by atoms with Crippen LogP contribution in [0.4, 0.5) is 5.69 Å². The molecule has 2 heterocycles. The van der Waals surface area contributed by atoms with Crippen molar-refractivity contribution in [3.63, 3.8) is 0 Å². The largest absolute Gasteiger partial charge is 0.323 e. The second kappa shape index (κ2) is 6.00. The normalized spacial score (nSPS) is 10.3. The zero-order valence-corrected chi connectivity index (χ0v) is 11.3. The molecule has 0 fully saturated rings. The van der Waals surface area contributed by atoms with Crippen molar-refractivity contribution in [2.45, 2.75) is 6.42 Å². The fourth-order valence-corrected chi connectivity index (χ4v) is 1.99. The van der Waals surface area contributed by atoms with E-state index in [1.165, 1.54) is 0 Å². The molecular weight excluding hydrogens is 264 g/mol. The SMILES string of the molecule is O=C(Cc1ccccc1)Nc1cnn(-c2ccccn2)c1. The van der Waals surface area contributed by atoms with Crippen molar-refractivity contribution in [3.05, 3.63) is 72.7 Å². The maximum absolute atomic E-state index is 12.0. The van der Waals surface area contributed by atoms with Crippen LogP contribution in [0.25, 0.3) is 5.82 Å². The van der Waals surface area contributed by atoms with Gasteiger partial charge in [0, 0.05) is 6.20 Å². The van der Waals surface area contributed by atoms with Gasteiger partial charge in [0.25, 0.3) is 0 Å². The van der Waals surface area contributed by atoms with Gasteiger partial charge in [0.1, 0.15) is 0 Å². The molecule has 0 saturated heterocycles. The molecular formula is C16H14N4O. The summed E-state index contributed by atoms with van der Waals surface area (Å²) < 4.78 is 1.62. The molecule has 0 aliphatic heterocycles. The Kier molecular flexibility index (Phi) is 3.73. The van der Waals surface area contributed by atoms with E-state index in [9.17, 15) is 4.79 Å². The molecule has 104 valence electrons. The zero-order valence-electron chi connectivity index (χ0n) is 11.3. The highest BCUT2D eigenvalue weighted by Crippen LogP contribution is 2.10. The predicted molar refractivity (Wildman–Crippen MR) is 80.1 cm³/mol. The van der Waals surface area contributed by atoms with Gasteiger partial charge in [-0.1, -0.05) is 36.4 Å². The van der Waals surface area contributed by atoms with Crippen molar-refractivity contribution < 1.29 is 4.79 Å². The van der Waals surface area contributed by atoms with E-state index in [-0.39, 0.29) is 5.91 Å². The van der Waals surface area contributed by atoms with E-state index in [0.29, 0.717) is 17.9 Å². The molecule has 5 heteroatoms. The molecule has 0 aliphatic carbocycles. The molecule has 1 amide bonds. The lowest BCUT2D eigenvalue weighted by Gasteiger charge is -2.02. The van der Waals surface area contributed by atoms with Crippen LogP contribution in [0.15, 0.2) is 67.1 Å². The maximum Gasteiger partial charge on any atom is 0.228 e. The lowest BCUT2D eigenvalue weighted by Crippen LogP contribution is -2.13. The Morgan fingerprint density at radius 1 is 1.10 bits per heavy atom. The van der Waals surface area contributed by atoms with Gasteiger partial charge in [-0.05, 0) is 17.7 Å². The summed E-state index contributed by atoms with van der Waals surface area (Å²) in [5.41, 5.74) is 1.63. The van der Waals surface area contributed by atoms with Crippen molar-refractivity contribution in [2.75, 3.05) is 5.32 Å². The molecule has 0 unspecified atom stereocenters. The molecule has 0 spiro atoms. The van der Waals surface area contributed by atoms with Crippen molar-refractivity contribution in [2.24, 2.45) is 0 Å². The minimum absolute atomic E-state index is 0.0678. The molecule has 3 aromatic rings. The molecule has 0 bridgehead atoms. The summed E-state index contributed by atoms with van der Waals surface area (Å²) in [5, 5.41) is 7.02. The molecule has 0 atom stereocenters. The maximum atomic E-state index is 12.0. The van der Waals surface area contributed by atoms with Crippen LogP contribution in [0, 0.1) is 0 Å². The van der Waals surface area contributed by atoms with Gasteiger partial charge in [-0.2, -0.15) is 5.10 Å². The molecule has 1 N–H and O–H groups in total. The number of rotatable bonds is 4. The number of carbonyl (C=O) groups excluding carboxylic acids is 1. The number of hydrogen-bond donors (Lipinski definition) is 1. The van der Waals surface area contributed by atoms with Crippen LogP contribution in [0.5, 0.6) is 0 Å². The molecule has 1 aromatic carbocycles. The number of benzene rings is 1. The summed E-state index contributed by atoms with van der Waals surface area (Å²) in [6.07, 6.45) is 5.39.